The largest absolute Gasteiger partial charge is 0.485 e. The van der Waals surface area contributed by atoms with E-state index in [1.807, 2.05) is 13.8 Å². The summed E-state index contributed by atoms with van der Waals surface area (Å²) in [7, 11) is 1.57. The third kappa shape index (κ3) is 3.29. The van der Waals surface area contributed by atoms with E-state index in [-0.39, 0.29) is 12.4 Å². The number of methoxy groups -OCH3 is 1. The molecule has 0 saturated carbocycles. The molecule has 6 heteroatoms. The zero-order valence-corrected chi connectivity index (χ0v) is 11.0. The lowest BCUT2D eigenvalue weighted by Crippen LogP contribution is -2.19. The zero-order chi connectivity index (χ0) is 13.9. The molecule has 0 fully saturated rings. The van der Waals surface area contributed by atoms with Gasteiger partial charge < -0.3 is 14.0 Å². The molecule has 0 radical (unpaired) electrons. The van der Waals surface area contributed by atoms with Gasteiger partial charge in [-0.2, -0.15) is 4.98 Å². The van der Waals surface area contributed by atoms with E-state index < -0.39 is 5.60 Å². The SMILES string of the molecule is COC(C)(C)c1nc(COc2ccc(F)cc2)no1. The normalized spacial score (nSPS) is 11.6. The Morgan fingerprint density at radius 2 is 1.95 bits per heavy atom. The van der Waals surface area contributed by atoms with Crippen LogP contribution in [0.15, 0.2) is 28.8 Å². The Balaban J connectivity index is 1.99. The first-order valence-electron chi connectivity index (χ1n) is 5.78. The van der Waals surface area contributed by atoms with Crippen molar-refractivity contribution in [3.8, 4) is 5.75 Å². The Labute approximate surface area is 110 Å². The maximum Gasteiger partial charge on any atom is 0.258 e. The minimum absolute atomic E-state index is 0.148. The first-order valence-corrected chi connectivity index (χ1v) is 5.78. The topological polar surface area (TPSA) is 57.4 Å². The summed E-state index contributed by atoms with van der Waals surface area (Å²) in [6, 6.07) is 5.72. The molecule has 2 aromatic rings. The van der Waals surface area contributed by atoms with E-state index in [1.165, 1.54) is 24.3 Å². The van der Waals surface area contributed by atoms with Crippen molar-refractivity contribution in [2.24, 2.45) is 0 Å². The van der Waals surface area contributed by atoms with Crippen LogP contribution in [0.4, 0.5) is 4.39 Å². The number of hydrogen-bond donors (Lipinski definition) is 0. The van der Waals surface area contributed by atoms with Gasteiger partial charge in [-0.15, -0.1) is 0 Å². The molecule has 0 amide bonds. The minimum Gasteiger partial charge on any atom is -0.485 e. The Morgan fingerprint density at radius 1 is 1.26 bits per heavy atom. The van der Waals surface area contributed by atoms with Gasteiger partial charge in [0.1, 0.15) is 17.2 Å². The fraction of sp³-hybridized carbons (Fsp3) is 0.385. The van der Waals surface area contributed by atoms with Gasteiger partial charge in [0.2, 0.25) is 5.82 Å². The van der Waals surface area contributed by atoms with Gasteiger partial charge in [-0.05, 0) is 38.1 Å². The van der Waals surface area contributed by atoms with Crippen LogP contribution in [0.1, 0.15) is 25.6 Å². The molecule has 0 aliphatic rings. The summed E-state index contributed by atoms with van der Waals surface area (Å²) in [4.78, 5) is 4.18. The van der Waals surface area contributed by atoms with Crippen molar-refractivity contribution in [2.45, 2.75) is 26.1 Å². The molecule has 2 rings (SSSR count). The Bertz CT molecular complexity index is 537. The summed E-state index contributed by atoms with van der Waals surface area (Å²) in [5.74, 6) is 1.02. The second-order valence-electron chi connectivity index (χ2n) is 4.47. The molecule has 0 aliphatic carbocycles. The Morgan fingerprint density at radius 3 is 2.58 bits per heavy atom. The zero-order valence-electron chi connectivity index (χ0n) is 11.0. The second kappa shape index (κ2) is 5.36. The minimum atomic E-state index is -0.638. The van der Waals surface area contributed by atoms with Gasteiger partial charge in [-0.3, -0.25) is 0 Å². The van der Waals surface area contributed by atoms with E-state index in [0.29, 0.717) is 17.5 Å². The van der Waals surface area contributed by atoms with Gasteiger partial charge >= 0.3 is 0 Å². The molecule has 1 aromatic carbocycles. The summed E-state index contributed by atoms with van der Waals surface area (Å²) in [6.07, 6.45) is 0. The highest BCUT2D eigenvalue weighted by molar-refractivity contribution is 5.22. The molecule has 0 atom stereocenters. The molecule has 19 heavy (non-hydrogen) atoms. The molecular weight excluding hydrogens is 251 g/mol. The van der Waals surface area contributed by atoms with E-state index in [0.717, 1.165) is 0 Å². The van der Waals surface area contributed by atoms with E-state index in [2.05, 4.69) is 10.1 Å². The van der Waals surface area contributed by atoms with Crippen molar-refractivity contribution in [1.29, 1.82) is 0 Å². The molecule has 0 spiro atoms. The van der Waals surface area contributed by atoms with E-state index in [1.54, 1.807) is 7.11 Å². The molecule has 0 bridgehead atoms. The van der Waals surface area contributed by atoms with Crippen LogP contribution in [0.5, 0.6) is 5.75 Å². The van der Waals surface area contributed by atoms with Crippen molar-refractivity contribution in [3.63, 3.8) is 0 Å². The van der Waals surface area contributed by atoms with Crippen molar-refractivity contribution in [2.75, 3.05) is 7.11 Å². The lowest BCUT2D eigenvalue weighted by molar-refractivity contribution is -0.00787. The highest BCUT2D eigenvalue weighted by Gasteiger charge is 2.27. The standard InChI is InChI=1S/C13H15FN2O3/c1-13(2,17-3)12-15-11(16-19-12)8-18-10-6-4-9(14)5-7-10/h4-7H,8H2,1-3H3. The first-order chi connectivity index (χ1) is 9.01. The van der Waals surface area contributed by atoms with Crippen LogP contribution in [0.2, 0.25) is 0 Å². The number of hydrogen-bond acceptors (Lipinski definition) is 5. The van der Waals surface area contributed by atoms with Crippen molar-refractivity contribution in [1.82, 2.24) is 10.1 Å². The van der Waals surface area contributed by atoms with Crippen LogP contribution < -0.4 is 4.74 Å². The van der Waals surface area contributed by atoms with Gasteiger partial charge in [-0.1, -0.05) is 5.16 Å². The van der Waals surface area contributed by atoms with E-state index >= 15 is 0 Å². The molecular formula is C13H15FN2O3. The molecule has 102 valence electrons. The molecule has 0 N–H and O–H groups in total. The van der Waals surface area contributed by atoms with Gasteiger partial charge in [-0.25, -0.2) is 4.39 Å². The lowest BCUT2D eigenvalue weighted by Gasteiger charge is -2.16. The van der Waals surface area contributed by atoms with Crippen LogP contribution in [-0.2, 0) is 16.9 Å². The van der Waals surface area contributed by atoms with Gasteiger partial charge in [0, 0.05) is 7.11 Å². The fourth-order valence-electron chi connectivity index (χ4n) is 1.32. The summed E-state index contributed by atoms with van der Waals surface area (Å²) in [5, 5.41) is 3.80. The number of nitrogens with zero attached hydrogens (tertiary/aromatic N) is 2. The number of rotatable bonds is 5. The second-order valence-corrected chi connectivity index (χ2v) is 4.47. The third-order valence-corrected chi connectivity index (χ3v) is 2.68. The quantitative estimate of drug-likeness (QED) is 0.832. The fourth-order valence-corrected chi connectivity index (χ4v) is 1.32. The number of benzene rings is 1. The number of halogens is 1. The van der Waals surface area contributed by atoms with Crippen LogP contribution in [0, 0.1) is 5.82 Å². The maximum absolute atomic E-state index is 12.7. The van der Waals surface area contributed by atoms with Crippen molar-refractivity contribution in [3.05, 3.63) is 41.8 Å². The number of aromatic nitrogens is 2. The molecule has 1 aromatic heterocycles. The van der Waals surface area contributed by atoms with Crippen LogP contribution >= 0.6 is 0 Å². The highest BCUT2D eigenvalue weighted by atomic mass is 19.1. The van der Waals surface area contributed by atoms with E-state index in [9.17, 15) is 4.39 Å². The third-order valence-electron chi connectivity index (χ3n) is 2.68. The van der Waals surface area contributed by atoms with Crippen molar-refractivity contribution >= 4 is 0 Å². The molecule has 5 nitrogen and oxygen atoms in total. The van der Waals surface area contributed by atoms with E-state index in [4.69, 9.17) is 14.0 Å². The molecule has 0 unspecified atom stereocenters. The predicted octanol–water partition coefficient (Wildman–Crippen LogP) is 2.67. The predicted molar refractivity (Wildman–Crippen MR) is 65.1 cm³/mol. The molecule has 1 heterocycles. The average molecular weight is 266 g/mol. The van der Waals surface area contributed by atoms with Crippen molar-refractivity contribution < 1.29 is 18.4 Å². The van der Waals surface area contributed by atoms with Gasteiger partial charge in [0.25, 0.3) is 5.89 Å². The van der Waals surface area contributed by atoms with Gasteiger partial charge in [0.05, 0.1) is 0 Å². The smallest absolute Gasteiger partial charge is 0.258 e. The summed E-state index contributed by atoms with van der Waals surface area (Å²) in [5.41, 5.74) is -0.638. The summed E-state index contributed by atoms with van der Waals surface area (Å²) < 4.78 is 28.5. The summed E-state index contributed by atoms with van der Waals surface area (Å²) in [6.45, 7) is 3.80. The maximum atomic E-state index is 12.7. The molecule has 0 aliphatic heterocycles. The summed E-state index contributed by atoms with van der Waals surface area (Å²) >= 11 is 0. The van der Waals surface area contributed by atoms with Crippen LogP contribution in [0.25, 0.3) is 0 Å². The average Bonchev–Trinajstić information content (AvgIpc) is 2.88. The highest BCUT2D eigenvalue weighted by Crippen LogP contribution is 2.21. The van der Waals surface area contributed by atoms with Gasteiger partial charge in [0.15, 0.2) is 6.61 Å². The Kier molecular flexibility index (Phi) is 3.80. The van der Waals surface area contributed by atoms with Crippen LogP contribution in [0.3, 0.4) is 0 Å². The first kappa shape index (κ1) is 13.5. The lowest BCUT2D eigenvalue weighted by atomic mass is 10.1. The van der Waals surface area contributed by atoms with Crippen LogP contribution in [-0.4, -0.2) is 17.3 Å². The monoisotopic (exact) mass is 266 g/mol. The Hall–Kier alpha value is -1.95. The molecule has 0 saturated heterocycles. The number of ether oxygens (including phenoxy) is 2.